The van der Waals surface area contributed by atoms with Gasteiger partial charge >= 0.3 is 0 Å². The van der Waals surface area contributed by atoms with E-state index in [1.165, 1.54) is 51.3 Å². The molecule has 0 amide bonds. The van der Waals surface area contributed by atoms with Crippen molar-refractivity contribution in [1.29, 1.82) is 0 Å². The van der Waals surface area contributed by atoms with Gasteiger partial charge in [-0.2, -0.15) is 0 Å². The minimum Gasteiger partial charge on any atom is -0.304 e. The lowest BCUT2D eigenvalue weighted by atomic mass is 10.2. The summed E-state index contributed by atoms with van der Waals surface area (Å²) in [5.74, 6) is 0. The third kappa shape index (κ3) is 3.35. The zero-order valence-electron chi connectivity index (χ0n) is 12.0. The standard InChI is InChI=1S/C16H25N3/c1-17-9-11-19(12-10-17)16-7-8-18(14-16)13-15-5-3-2-4-6-15/h2-6,16H,7-14H2,1H3/t16-/m1/s1. The Bertz CT molecular complexity index is 384. The van der Waals surface area contributed by atoms with Crippen molar-refractivity contribution in [3.05, 3.63) is 35.9 Å². The normalized spacial score (nSPS) is 26.9. The highest BCUT2D eigenvalue weighted by atomic mass is 15.3. The quantitative estimate of drug-likeness (QED) is 0.815. The number of nitrogens with zero attached hydrogens (tertiary/aromatic N) is 3. The molecule has 0 aliphatic carbocycles. The fourth-order valence-corrected chi connectivity index (χ4v) is 3.28. The van der Waals surface area contributed by atoms with Crippen LogP contribution in [0.25, 0.3) is 0 Å². The predicted octanol–water partition coefficient (Wildman–Crippen LogP) is 1.51. The molecule has 1 aromatic rings. The van der Waals surface area contributed by atoms with Crippen molar-refractivity contribution in [2.24, 2.45) is 0 Å². The molecule has 2 saturated heterocycles. The lowest BCUT2D eigenvalue weighted by Gasteiger charge is -2.36. The van der Waals surface area contributed by atoms with E-state index in [0.717, 1.165) is 12.6 Å². The van der Waals surface area contributed by atoms with Crippen molar-refractivity contribution in [3.8, 4) is 0 Å². The third-order valence-electron chi connectivity index (χ3n) is 4.55. The first-order chi connectivity index (χ1) is 9.31. The maximum absolute atomic E-state index is 2.70. The van der Waals surface area contributed by atoms with Crippen molar-refractivity contribution >= 4 is 0 Å². The SMILES string of the molecule is CN1CCN([C@@H]2CCN(Cc3ccccc3)C2)CC1. The Morgan fingerprint density at radius 1 is 1.00 bits per heavy atom. The lowest BCUT2D eigenvalue weighted by Crippen LogP contribution is -2.49. The second-order valence-corrected chi connectivity index (χ2v) is 6.00. The Morgan fingerprint density at radius 3 is 2.47 bits per heavy atom. The van der Waals surface area contributed by atoms with E-state index in [-0.39, 0.29) is 0 Å². The molecule has 0 radical (unpaired) electrons. The molecule has 0 spiro atoms. The second-order valence-electron chi connectivity index (χ2n) is 6.00. The molecule has 104 valence electrons. The molecular weight excluding hydrogens is 234 g/mol. The van der Waals surface area contributed by atoms with Crippen LogP contribution < -0.4 is 0 Å². The van der Waals surface area contributed by atoms with Gasteiger partial charge in [-0.25, -0.2) is 0 Å². The number of benzene rings is 1. The van der Waals surface area contributed by atoms with Crippen LogP contribution in [0.2, 0.25) is 0 Å². The molecule has 19 heavy (non-hydrogen) atoms. The van der Waals surface area contributed by atoms with Crippen LogP contribution in [0.4, 0.5) is 0 Å². The first-order valence-electron chi connectivity index (χ1n) is 7.50. The topological polar surface area (TPSA) is 9.72 Å². The molecule has 3 nitrogen and oxygen atoms in total. The Kier molecular flexibility index (Phi) is 4.16. The van der Waals surface area contributed by atoms with Gasteiger partial charge in [0.25, 0.3) is 0 Å². The number of likely N-dealkylation sites (N-methyl/N-ethyl adjacent to an activating group) is 1. The van der Waals surface area contributed by atoms with Crippen molar-refractivity contribution in [3.63, 3.8) is 0 Å². The van der Waals surface area contributed by atoms with Gasteiger partial charge in [0.15, 0.2) is 0 Å². The molecule has 3 rings (SSSR count). The van der Waals surface area contributed by atoms with E-state index in [4.69, 9.17) is 0 Å². The number of piperazine rings is 1. The summed E-state index contributed by atoms with van der Waals surface area (Å²) in [5.41, 5.74) is 1.45. The summed E-state index contributed by atoms with van der Waals surface area (Å²) in [6.07, 6.45) is 1.34. The van der Waals surface area contributed by atoms with Gasteiger partial charge in [0, 0.05) is 51.9 Å². The molecule has 2 heterocycles. The zero-order valence-corrected chi connectivity index (χ0v) is 12.0. The Balaban J connectivity index is 1.50. The predicted molar refractivity (Wildman–Crippen MR) is 79.2 cm³/mol. The molecule has 0 saturated carbocycles. The van der Waals surface area contributed by atoms with E-state index < -0.39 is 0 Å². The summed E-state index contributed by atoms with van der Waals surface area (Å²) < 4.78 is 0. The van der Waals surface area contributed by atoms with Crippen molar-refractivity contribution in [2.75, 3.05) is 46.3 Å². The number of likely N-dealkylation sites (tertiary alicyclic amines) is 1. The van der Waals surface area contributed by atoms with Crippen LogP contribution in [0, 0.1) is 0 Å². The minimum absolute atomic E-state index is 0.789. The van der Waals surface area contributed by atoms with Crippen molar-refractivity contribution < 1.29 is 0 Å². The van der Waals surface area contributed by atoms with Crippen LogP contribution in [0.15, 0.2) is 30.3 Å². The van der Waals surface area contributed by atoms with E-state index in [0.29, 0.717) is 0 Å². The molecule has 2 aliphatic heterocycles. The Labute approximate surface area is 116 Å². The molecule has 0 aromatic heterocycles. The van der Waals surface area contributed by atoms with Gasteiger partial charge in [-0.05, 0) is 19.0 Å². The van der Waals surface area contributed by atoms with Crippen LogP contribution in [-0.2, 0) is 6.54 Å². The Morgan fingerprint density at radius 2 is 1.74 bits per heavy atom. The first kappa shape index (κ1) is 13.1. The van der Waals surface area contributed by atoms with E-state index in [2.05, 4.69) is 52.1 Å². The molecule has 0 unspecified atom stereocenters. The monoisotopic (exact) mass is 259 g/mol. The van der Waals surface area contributed by atoms with Crippen LogP contribution in [-0.4, -0.2) is 67.1 Å². The highest BCUT2D eigenvalue weighted by Gasteiger charge is 2.29. The fraction of sp³-hybridized carbons (Fsp3) is 0.625. The van der Waals surface area contributed by atoms with Crippen LogP contribution in [0.5, 0.6) is 0 Å². The molecular formula is C16H25N3. The minimum atomic E-state index is 0.789. The summed E-state index contributed by atoms with van der Waals surface area (Å²) in [7, 11) is 2.23. The van der Waals surface area contributed by atoms with Crippen LogP contribution in [0.1, 0.15) is 12.0 Å². The molecule has 0 N–H and O–H groups in total. The highest BCUT2D eigenvalue weighted by Crippen LogP contribution is 2.19. The largest absolute Gasteiger partial charge is 0.304 e. The third-order valence-corrected chi connectivity index (χ3v) is 4.55. The van der Waals surface area contributed by atoms with E-state index >= 15 is 0 Å². The summed E-state index contributed by atoms with van der Waals surface area (Å²) in [5, 5.41) is 0. The van der Waals surface area contributed by atoms with E-state index in [9.17, 15) is 0 Å². The van der Waals surface area contributed by atoms with E-state index in [1.807, 2.05) is 0 Å². The molecule has 2 fully saturated rings. The van der Waals surface area contributed by atoms with Crippen molar-refractivity contribution in [1.82, 2.24) is 14.7 Å². The molecule has 1 atom stereocenters. The van der Waals surface area contributed by atoms with Gasteiger partial charge in [0.2, 0.25) is 0 Å². The summed E-state index contributed by atoms with van der Waals surface area (Å²) in [6.45, 7) is 8.58. The number of hydrogen-bond donors (Lipinski definition) is 0. The van der Waals surface area contributed by atoms with Crippen LogP contribution in [0.3, 0.4) is 0 Å². The highest BCUT2D eigenvalue weighted by molar-refractivity contribution is 5.14. The first-order valence-corrected chi connectivity index (χ1v) is 7.50. The molecule has 2 aliphatic rings. The summed E-state index contributed by atoms with van der Waals surface area (Å²) in [6, 6.07) is 11.6. The van der Waals surface area contributed by atoms with Gasteiger partial charge in [0.05, 0.1) is 0 Å². The van der Waals surface area contributed by atoms with Gasteiger partial charge in [0.1, 0.15) is 0 Å². The smallest absolute Gasteiger partial charge is 0.0236 e. The van der Waals surface area contributed by atoms with Gasteiger partial charge < -0.3 is 4.90 Å². The number of hydrogen-bond acceptors (Lipinski definition) is 3. The fourth-order valence-electron chi connectivity index (χ4n) is 3.28. The maximum Gasteiger partial charge on any atom is 0.0236 e. The zero-order chi connectivity index (χ0) is 13.1. The molecule has 3 heteroatoms. The van der Waals surface area contributed by atoms with Gasteiger partial charge in [-0.15, -0.1) is 0 Å². The molecule has 1 aromatic carbocycles. The molecule has 0 bridgehead atoms. The van der Waals surface area contributed by atoms with Gasteiger partial charge in [-0.3, -0.25) is 9.80 Å². The number of rotatable bonds is 3. The summed E-state index contributed by atoms with van der Waals surface area (Å²) >= 11 is 0. The maximum atomic E-state index is 2.70. The average molecular weight is 259 g/mol. The summed E-state index contributed by atoms with van der Waals surface area (Å²) in [4.78, 5) is 7.75. The average Bonchev–Trinajstić information content (AvgIpc) is 2.89. The Hall–Kier alpha value is -0.900. The van der Waals surface area contributed by atoms with E-state index in [1.54, 1.807) is 0 Å². The van der Waals surface area contributed by atoms with Gasteiger partial charge in [-0.1, -0.05) is 30.3 Å². The lowest BCUT2D eigenvalue weighted by molar-refractivity contribution is 0.112. The van der Waals surface area contributed by atoms with Crippen molar-refractivity contribution in [2.45, 2.75) is 19.0 Å². The second kappa shape index (κ2) is 6.04. The van der Waals surface area contributed by atoms with Crippen LogP contribution >= 0.6 is 0 Å².